The monoisotopic (exact) mass is 487 g/mol. The van der Waals surface area contributed by atoms with Crippen molar-refractivity contribution in [3.8, 4) is 5.75 Å². The molecule has 2 unspecified atom stereocenters. The lowest BCUT2D eigenvalue weighted by molar-refractivity contribution is 0.0746. The van der Waals surface area contributed by atoms with Crippen molar-refractivity contribution >= 4 is 34.8 Å². The second kappa shape index (κ2) is 10.1. The fourth-order valence-electron chi connectivity index (χ4n) is 5.57. The molecule has 0 aromatic heterocycles. The molecule has 2 aliphatic heterocycles. The van der Waals surface area contributed by atoms with E-state index in [9.17, 15) is 4.79 Å². The molecule has 7 heteroatoms. The Bertz CT molecular complexity index is 964. The highest BCUT2D eigenvalue weighted by molar-refractivity contribution is 6.43. The van der Waals surface area contributed by atoms with E-state index in [0.29, 0.717) is 35.3 Å². The minimum absolute atomic E-state index is 0.0574. The zero-order valence-electron chi connectivity index (χ0n) is 18.9. The van der Waals surface area contributed by atoms with Gasteiger partial charge in [-0.3, -0.25) is 9.69 Å². The van der Waals surface area contributed by atoms with Gasteiger partial charge in [-0.25, -0.2) is 0 Å². The summed E-state index contributed by atoms with van der Waals surface area (Å²) in [5, 5.41) is 1.13. The number of fused-ring (bicyclic) bond motifs is 1. The fraction of sp³-hybridized carbons (Fsp3) is 0.500. The van der Waals surface area contributed by atoms with Gasteiger partial charge in [-0.05, 0) is 61.1 Å². The Hall–Kier alpha value is -1.95. The van der Waals surface area contributed by atoms with Gasteiger partial charge in [0.1, 0.15) is 12.4 Å². The van der Waals surface area contributed by atoms with Crippen LogP contribution in [0.5, 0.6) is 5.75 Å². The quantitative estimate of drug-likeness (QED) is 0.569. The highest BCUT2D eigenvalue weighted by Gasteiger charge is 2.35. The Labute approximate surface area is 206 Å². The molecule has 1 amide bonds. The molecule has 3 aliphatic rings. The second-order valence-electron chi connectivity index (χ2n) is 9.44. The van der Waals surface area contributed by atoms with Crippen molar-refractivity contribution in [1.29, 1.82) is 0 Å². The Balaban J connectivity index is 1.09. The lowest BCUT2D eigenvalue weighted by Crippen LogP contribution is -2.48. The molecular weight excluding hydrogens is 457 g/mol. The van der Waals surface area contributed by atoms with E-state index in [4.69, 9.17) is 27.9 Å². The summed E-state index contributed by atoms with van der Waals surface area (Å²) in [5.74, 6) is 2.72. The van der Waals surface area contributed by atoms with Crippen LogP contribution in [0.2, 0.25) is 10.0 Å². The number of anilines is 1. The molecule has 0 radical (unpaired) electrons. The van der Waals surface area contributed by atoms with Crippen LogP contribution in [-0.4, -0.2) is 68.1 Å². The SMILES string of the molecule is O=C(c1ccc(OCCN2CC3CCCC3C2)cc1)N1CCN(c2cccc(Cl)c2Cl)CC1. The number of hydrogen-bond donors (Lipinski definition) is 0. The molecule has 1 aliphatic carbocycles. The van der Waals surface area contributed by atoms with Gasteiger partial charge in [-0.15, -0.1) is 0 Å². The molecule has 176 valence electrons. The largest absolute Gasteiger partial charge is 0.492 e. The van der Waals surface area contributed by atoms with Crippen molar-refractivity contribution in [3.05, 3.63) is 58.1 Å². The first kappa shape index (κ1) is 22.8. The Kier molecular flexibility index (Phi) is 7.00. The van der Waals surface area contributed by atoms with Crippen LogP contribution in [0.4, 0.5) is 5.69 Å². The van der Waals surface area contributed by atoms with Crippen molar-refractivity contribution < 1.29 is 9.53 Å². The number of ether oxygens (including phenoxy) is 1. The molecule has 2 saturated heterocycles. The molecule has 0 spiro atoms. The molecule has 2 aromatic rings. The summed E-state index contributed by atoms with van der Waals surface area (Å²) in [5.41, 5.74) is 1.62. The van der Waals surface area contributed by atoms with Gasteiger partial charge in [0, 0.05) is 51.4 Å². The first-order chi connectivity index (χ1) is 16.1. The summed E-state index contributed by atoms with van der Waals surface area (Å²) in [7, 11) is 0. The molecule has 0 N–H and O–H groups in total. The van der Waals surface area contributed by atoms with Crippen LogP contribution in [-0.2, 0) is 0 Å². The number of carbonyl (C=O) groups is 1. The van der Waals surface area contributed by atoms with E-state index in [1.54, 1.807) is 6.07 Å². The third-order valence-electron chi connectivity index (χ3n) is 7.42. The van der Waals surface area contributed by atoms with Crippen LogP contribution in [0.15, 0.2) is 42.5 Å². The lowest BCUT2D eigenvalue weighted by atomic mass is 10.0. The van der Waals surface area contributed by atoms with E-state index >= 15 is 0 Å². The van der Waals surface area contributed by atoms with Crippen LogP contribution in [0, 0.1) is 11.8 Å². The van der Waals surface area contributed by atoms with Gasteiger partial charge in [0.2, 0.25) is 0 Å². The summed E-state index contributed by atoms with van der Waals surface area (Å²) < 4.78 is 5.96. The number of piperazine rings is 1. The maximum absolute atomic E-state index is 13.0. The minimum Gasteiger partial charge on any atom is -0.492 e. The van der Waals surface area contributed by atoms with Gasteiger partial charge < -0.3 is 14.5 Å². The van der Waals surface area contributed by atoms with Crippen molar-refractivity contribution in [3.63, 3.8) is 0 Å². The second-order valence-corrected chi connectivity index (χ2v) is 10.2. The number of nitrogens with zero attached hydrogens (tertiary/aromatic N) is 3. The van der Waals surface area contributed by atoms with Crippen LogP contribution in [0.25, 0.3) is 0 Å². The average Bonchev–Trinajstić information content (AvgIpc) is 3.43. The third kappa shape index (κ3) is 5.11. The number of rotatable bonds is 6. The van der Waals surface area contributed by atoms with E-state index in [1.165, 1.54) is 32.4 Å². The molecule has 2 atom stereocenters. The molecular formula is C26H31Cl2N3O2. The standard InChI is InChI=1S/C26H31Cl2N3O2/c27-23-5-2-6-24(25(23)28)30-11-13-31(14-12-30)26(32)19-7-9-22(10-8-19)33-16-15-29-17-20-3-1-4-21(20)18-29/h2,5-10,20-21H,1,3-4,11-18H2. The van der Waals surface area contributed by atoms with Crippen molar-refractivity contribution in [2.24, 2.45) is 11.8 Å². The van der Waals surface area contributed by atoms with Gasteiger partial charge in [0.25, 0.3) is 5.91 Å². The smallest absolute Gasteiger partial charge is 0.253 e. The van der Waals surface area contributed by atoms with E-state index in [2.05, 4.69) is 9.80 Å². The van der Waals surface area contributed by atoms with Crippen molar-refractivity contribution in [1.82, 2.24) is 9.80 Å². The summed E-state index contributed by atoms with van der Waals surface area (Å²) in [6.45, 7) is 6.90. The normalized spacial score (nSPS) is 23.1. The molecule has 2 heterocycles. The van der Waals surface area contributed by atoms with E-state index < -0.39 is 0 Å². The third-order valence-corrected chi connectivity index (χ3v) is 8.23. The van der Waals surface area contributed by atoms with Crippen LogP contribution < -0.4 is 9.64 Å². The minimum atomic E-state index is 0.0574. The molecule has 1 saturated carbocycles. The summed E-state index contributed by atoms with van der Waals surface area (Å²) >= 11 is 12.5. The zero-order chi connectivity index (χ0) is 22.8. The Morgan fingerprint density at radius 2 is 1.64 bits per heavy atom. The van der Waals surface area contributed by atoms with E-state index in [1.807, 2.05) is 41.3 Å². The van der Waals surface area contributed by atoms with Crippen LogP contribution in [0.3, 0.4) is 0 Å². The van der Waals surface area contributed by atoms with Crippen molar-refractivity contribution in [2.75, 3.05) is 57.3 Å². The number of likely N-dealkylation sites (tertiary alicyclic amines) is 1. The molecule has 33 heavy (non-hydrogen) atoms. The highest BCUT2D eigenvalue weighted by atomic mass is 35.5. The first-order valence-corrected chi connectivity index (χ1v) is 12.8. The molecule has 5 nitrogen and oxygen atoms in total. The predicted molar refractivity (Wildman–Crippen MR) is 134 cm³/mol. The maximum atomic E-state index is 13.0. The van der Waals surface area contributed by atoms with E-state index in [0.717, 1.165) is 42.9 Å². The highest BCUT2D eigenvalue weighted by Crippen LogP contribution is 2.37. The lowest BCUT2D eigenvalue weighted by Gasteiger charge is -2.36. The Morgan fingerprint density at radius 3 is 2.33 bits per heavy atom. The topological polar surface area (TPSA) is 36.0 Å². The molecule has 5 rings (SSSR count). The van der Waals surface area contributed by atoms with Gasteiger partial charge in [-0.1, -0.05) is 35.7 Å². The van der Waals surface area contributed by atoms with Crippen LogP contribution >= 0.6 is 23.2 Å². The van der Waals surface area contributed by atoms with Crippen molar-refractivity contribution in [2.45, 2.75) is 19.3 Å². The van der Waals surface area contributed by atoms with Crippen LogP contribution in [0.1, 0.15) is 29.6 Å². The van der Waals surface area contributed by atoms with E-state index in [-0.39, 0.29) is 5.91 Å². The summed E-state index contributed by atoms with van der Waals surface area (Å²) in [6, 6.07) is 13.2. The van der Waals surface area contributed by atoms with Gasteiger partial charge in [0.15, 0.2) is 0 Å². The molecule has 3 fully saturated rings. The number of carbonyl (C=O) groups excluding carboxylic acids is 1. The number of amides is 1. The molecule has 2 aromatic carbocycles. The predicted octanol–water partition coefficient (Wildman–Crippen LogP) is 5.07. The Morgan fingerprint density at radius 1 is 0.939 bits per heavy atom. The first-order valence-electron chi connectivity index (χ1n) is 12.0. The number of hydrogen-bond acceptors (Lipinski definition) is 4. The number of benzene rings is 2. The fourth-order valence-corrected chi connectivity index (χ4v) is 5.99. The van der Waals surface area contributed by atoms with Gasteiger partial charge >= 0.3 is 0 Å². The zero-order valence-corrected chi connectivity index (χ0v) is 20.4. The average molecular weight is 488 g/mol. The van der Waals surface area contributed by atoms with Gasteiger partial charge in [-0.2, -0.15) is 0 Å². The number of halogens is 2. The maximum Gasteiger partial charge on any atom is 0.253 e. The van der Waals surface area contributed by atoms with Gasteiger partial charge in [0.05, 0.1) is 15.7 Å². The summed E-state index contributed by atoms with van der Waals surface area (Å²) in [6.07, 6.45) is 4.22. The summed E-state index contributed by atoms with van der Waals surface area (Å²) in [4.78, 5) is 19.6. The molecule has 0 bridgehead atoms.